The summed E-state index contributed by atoms with van der Waals surface area (Å²) in [5, 5.41) is 0.605. The second-order valence-corrected chi connectivity index (χ2v) is 4.97. The van der Waals surface area contributed by atoms with Crippen molar-refractivity contribution >= 4 is 16.5 Å². The first-order valence-electron chi connectivity index (χ1n) is 5.30. The highest BCUT2D eigenvalue weighted by molar-refractivity contribution is 7.18. The Balaban J connectivity index is 1.80. The number of aromatic nitrogens is 1. The van der Waals surface area contributed by atoms with Gasteiger partial charge >= 0.3 is 0 Å². The van der Waals surface area contributed by atoms with Crippen molar-refractivity contribution in [1.29, 1.82) is 0 Å². The summed E-state index contributed by atoms with van der Waals surface area (Å²) in [6.45, 7) is 0. The van der Waals surface area contributed by atoms with Gasteiger partial charge in [-0.15, -0.1) is 0 Å². The first-order valence-corrected chi connectivity index (χ1v) is 6.11. The second-order valence-electron chi connectivity index (χ2n) is 3.90. The largest absolute Gasteiger partial charge is 0.490 e. The van der Waals surface area contributed by atoms with Gasteiger partial charge in [0, 0.05) is 6.20 Å². The van der Waals surface area contributed by atoms with E-state index in [1.807, 2.05) is 24.3 Å². The number of ether oxygens (including phenoxy) is 1. The molecule has 3 nitrogen and oxygen atoms in total. The maximum atomic E-state index is 5.68. The zero-order valence-electron chi connectivity index (χ0n) is 8.72. The Morgan fingerprint density at radius 3 is 2.56 bits per heavy atom. The number of nitrogen functional groups attached to an aromatic ring is 1. The fourth-order valence-corrected chi connectivity index (χ4v) is 2.19. The number of benzene rings is 1. The van der Waals surface area contributed by atoms with Gasteiger partial charge in [0.1, 0.15) is 5.75 Å². The zero-order valence-corrected chi connectivity index (χ0v) is 9.54. The monoisotopic (exact) mass is 232 g/mol. The van der Waals surface area contributed by atoms with Crippen molar-refractivity contribution in [3.8, 4) is 16.2 Å². The van der Waals surface area contributed by atoms with Crippen molar-refractivity contribution in [2.24, 2.45) is 0 Å². The van der Waals surface area contributed by atoms with E-state index in [9.17, 15) is 0 Å². The van der Waals surface area contributed by atoms with Gasteiger partial charge in [-0.2, -0.15) is 0 Å². The van der Waals surface area contributed by atoms with E-state index in [0.717, 1.165) is 16.2 Å². The molecule has 16 heavy (non-hydrogen) atoms. The lowest BCUT2D eigenvalue weighted by atomic mass is 10.2. The van der Waals surface area contributed by atoms with Crippen LogP contribution < -0.4 is 10.5 Å². The van der Waals surface area contributed by atoms with Crippen LogP contribution in [-0.2, 0) is 0 Å². The summed E-state index contributed by atoms with van der Waals surface area (Å²) in [6, 6.07) is 8.10. The van der Waals surface area contributed by atoms with Gasteiger partial charge in [-0.25, -0.2) is 4.98 Å². The third-order valence-electron chi connectivity index (χ3n) is 2.49. The average Bonchev–Trinajstić information content (AvgIpc) is 3.00. The molecule has 0 spiro atoms. The maximum absolute atomic E-state index is 5.68. The molecule has 0 bridgehead atoms. The number of thiazole rings is 1. The summed E-state index contributed by atoms with van der Waals surface area (Å²) >= 11 is 1.50. The molecular weight excluding hydrogens is 220 g/mol. The summed E-state index contributed by atoms with van der Waals surface area (Å²) in [5.74, 6) is 0.948. The first kappa shape index (κ1) is 9.66. The minimum atomic E-state index is 0.449. The van der Waals surface area contributed by atoms with Gasteiger partial charge in [-0.1, -0.05) is 11.3 Å². The van der Waals surface area contributed by atoms with E-state index in [1.54, 1.807) is 6.20 Å². The molecule has 0 atom stereocenters. The molecule has 1 heterocycles. The van der Waals surface area contributed by atoms with E-state index in [2.05, 4.69) is 4.98 Å². The molecule has 1 aromatic heterocycles. The summed E-state index contributed by atoms with van der Waals surface area (Å²) in [5.41, 5.74) is 6.74. The summed E-state index contributed by atoms with van der Waals surface area (Å²) in [4.78, 5) is 5.13. The van der Waals surface area contributed by atoms with Crippen LogP contribution in [0.5, 0.6) is 5.75 Å². The van der Waals surface area contributed by atoms with Crippen molar-refractivity contribution in [3.05, 3.63) is 30.5 Å². The number of nitrogens with two attached hydrogens (primary N) is 1. The summed E-state index contributed by atoms with van der Waals surface area (Å²) in [7, 11) is 0. The quantitative estimate of drug-likeness (QED) is 0.885. The third-order valence-corrected chi connectivity index (χ3v) is 3.37. The topological polar surface area (TPSA) is 48.1 Å². The Bertz CT molecular complexity index is 488. The van der Waals surface area contributed by atoms with Gasteiger partial charge < -0.3 is 10.5 Å². The fourth-order valence-electron chi connectivity index (χ4n) is 1.50. The standard InChI is InChI=1S/C12H12N2OS/c13-12-14-7-11(16-12)8-1-3-9(4-2-8)15-10-5-6-10/h1-4,7,10H,5-6H2,(H2,13,14). The lowest BCUT2D eigenvalue weighted by molar-refractivity contribution is 0.303. The van der Waals surface area contributed by atoms with Crippen LogP contribution in [0, 0.1) is 0 Å². The molecule has 2 N–H and O–H groups in total. The summed E-state index contributed by atoms with van der Waals surface area (Å²) in [6.07, 6.45) is 4.63. The molecule has 1 fully saturated rings. The van der Waals surface area contributed by atoms with Crippen LogP contribution in [0.2, 0.25) is 0 Å². The fraction of sp³-hybridized carbons (Fsp3) is 0.250. The summed E-state index contributed by atoms with van der Waals surface area (Å²) < 4.78 is 5.68. The van der Waals surface area contributed by atoms with E-state index in [0.29, 0.717) is 11.2 Å². The van der Waals surface area contributed by atoms with Crippen molar-refractivity contribution in [3.63, 3.8) is 0 Å². The molecule has 4 heteroatoms. The molecule has 1 aromatic carbocycles. The van der Waals surface area contributed by atoms with Crippen LogP contribution in [0.15, 0.2) is 30.5 Å². The Morgan fingerprint density at radius 2 is 2.00 bits per heavy atom. The maximum Gasteiger partial charge on any atom is 0.180 e. The van der Waals surface area contributed by atoms with Crippen LogP contribution in [0.4, 0.5) is 5.13 Å². The van der Waals surface area contributed by atoms with Crippen molar-refractivity contribution in [2.45, 2.75) is 18.9 Å². The lowest BCUT2D eigenvalue weighted by Gasteiger charge is -2.04. The molecule has 1 aliphatic carbocycles. The average molecular weight is 232 g/mol. The molecule has 0 saturated heterocycles. The Hall–Kier alpha value is -1.55. The third kappa shape index (κ3) is 2.02. The smallest absolute Gasteiger partial charge is 0.180 e. The van der Waals surface area contributed by atoms with Crippen LogP contribution in [0.25, 0.3) is 10.4 Å². The molecule has 2 aromatic rings. The molecular formula is C12H12N2OS. The van der Waals surface area contributed by atoms with Gasteiger partial charge in [-0.05, 0) is 42.7 Å². The number of hydrogen-bond donors (Lipinski definition) is 1. The minimum absolute atomic E-state index is 0.449. The van der Waals surface area contributed by atoms with E-state index in [1.165, 1.54) is 24.2 Å². The van der Waals surface area contributed by atoms with Crippen LogP contribution in [0.3, 0.4) is 0 Å². The predicted octanol–water partition coefficient (Wildman–Crippen LogP) is 2.93. The normalized spacial score (nSPS) is 15.0. The van der Waals surface area contributed by atoms with Crippen LogP contribution in [-0.4, -0.2) is 11.1 Å². The molecule has 0 aliphatic heterocycles. The predicted molar refractivity (Wildman–Crippen MR) is 65.6 cm³/mol. The molecule has 1 aliphatic rings. The van der Waals surface area contributed by atoms with Gasteiger partial charge in [-0.3, -0.25) is 0 Å². The van der Waals surface area contributed by atoms with Crippen molar-refractivity contribution in [1.82, 2.24) is 4.98 Å². The Morgan fingerprint density at radius 1 is 1.25 bits per heavy atom. The molecule has 0 radical (unpaired) electrons. The molecule has 1 saturated carbocycles. The van der Waals surface area contributed by atoms with Gasteiger partial charge in [0.25, 0.3) is 0 Å². The van der Waals surface area contributed by atoms with Gasteiger partial charge in [0.2, 0.25) is 0 Å². The highest BCUT2D eigenvalue weighted by Gasteiger charge is 2.23. The highest BCUT2D eigenvalue weighted by Crippen LogP contribution is 2.31. The Kier molecular flexibility index (Phi) is 2.29. The highest BCUT2D eigenvalue weighted by atomic mass is 32.1. The molecule has 3 rings (SSSR count). The SMILES string of the molecule is Nc1ncc(-c2ccc(OC3CC3)cc2)s1. The van der Waals surface area contributed by atoms with E-state index in [-0.39, 0.29) is 0 Å². The van der Waals surface area contributed by atoms with Crippen LogP contribution in [0.1, 0.15) is 12.8 Å². The Labute approximate surface area is 97.9 Å². The van der Waals surface area contributed by atoms with E-state index < -0.39 is 0 Å². The molecule has 82 valence electrons. The van der Waals surface area contributed by atoms with Gasteiger partial charge in [0.05, 0.1) is 11.0 Å². The van der Waals surface area contributed by atoms with Crippen LogP contribution >= 0.6 is 11.3 Å². The number of hydrogen-bond acceptors (Lipinski definition) is 4. The number of rotatable bonds is 3. The lowest BCUT2D eigenvalue weighted by Crippen LogP contribution is -1.94. The van der Waals surface area contributed by atoms with E-state index >= 15 is 0 Å². The minimum Gasteiger partial charge on any atom is -0.490 e. The van der Waals surface area contributed by atoms with Crippen molar-refractivity contribution in [2.75, 3.05) is 5.73 Å². The molecule has 0 amide bonds. The zero-order chi connectivity index (χ0) is 11.0. The number of anilines is 1. The van der Waals surface area contributed by atoms with Crippen molar-refractivity contribution < 1.29 is 4.74 Å². The second kappa shape index (κ2) is 3.79. The van der Waals surface area contributed by atoms with E-state index in [4.69, 9.17) is 10.5 Å². The number of nitrogens with zero attached hydrogens (tertiary/aromatic N) is 1. The molecule has 0 unspecified atom stereocenters. The van der Waals surface area contributed by atoms with Gasteiger partial charge in [0.15, 0.2) is 5.13 Å². The first-order chi connectivity index (χ1) is 7.81.